The molecule has 2 aromatic heterocycles. The molecule has 1 N–H and O–H groups in total. The van der Waals surface area contributed by atoms with Crippen LogP contribution in [0.4, 0.5) is 23.2 Å². The lowest BCUT2D eigenvalue weighted by atomic mass is 10.0. The maximum Gasteiger partial charge on any atom is 0.416 e. The molecular weight excluding hydrogens is 404 g/mol. The quantitative estimate of drug-likeness (QED) is 0.642. The Kier molecular flexibility index (Phi) is 5.20. The number of carbonyl (C=O) groups is 1. The SMILES string of the molecule is O=C(Nc1ccnnc1)c1ccnn1C1CN(Cc2cc(F)cc(C(F)(F)F)c2)C1. The van der Waals surface area contributed by atoms with E-state index in [0.717, 1.165) is 12.1 Å². The van der Waals surface area contributed by atoms with Gasteiger partial charge in [0.25, 0.3) is 5.91 Å². The van der Waals surface area contributed by atoms with Crippen molar-refractivity contribution in [2.75, 3.05) is 18.4 Å². The van der Waals surface area contributed by atoms with E-state index in [1.54, 1.807) is 16.8 Å². The lowest BCUT2D eigenvalue weighted by Crippen LogP contribution is -2.48. The fourth-order valence-electron chi connectivity index (χ4n) is 3.33. The molecule has 1 saturated heterocycles. The Balaban J connectivity index is 1.39. The molecule has 0 radical (unpaired) electrons. The Labute approximate surface area is 168 Å². The zero-order valence-electron chi connectivity index (χ0n) is 15.5. The van der Waals surface area contributed by atoms with Crippen LogP contribution in [0.3, 0.4) is 0 Å². The van der Waals surface area contributed by atoms with Gasteiger partial charge < -0.3 is 5.32 Å². The zero-order chi connectivity index (χ0) is 21.3. The summed E-state index contributed by atoms with van der Waals surface area (Å²) in [5, 5.41) is 14.2. The van der Waals surface area contributed by atoms with Crippen LogP contribution < -0.4 is 5.32 Å². The Morgan fingerprint density at radius 3 is 2.63 bits per heavy atom. The van der Waals surface area contributed by atoms with E-state index in [2.05, 4.69) is 20.6 Å². The van der Waals surface area contributed by atoms with Gasteiger partial charge in [0.05, 0.1) is 29.7 Å². The number of nitrogens with one attached hydrogen (secondary N) is 1. The average molecular weight is 420 g/mol. The maximum atomic E-state index is 13.6. The Bertz CT molecular complexity index is 1050. The molecule has 3 aromatic rings. The summed E-state index contributed by atoms with van der Waals surface area (Å²) in [7, 11) is 0. The molecule has 0 saturated carbocycles. The van der Waals surface area contributed by atoms with Gasteiger partial charge in [-0.3, -0.25) is 14.4 Å². The van der Waals surface area contributed by atoms with E-state index in [-0.39, 0.29) is 24.1 Å². The summed E-state index contributed by atoms with van der Waals surface area (Å²) in [6.07, 6.45) is -0.230. The number of carbonyl (C=O) groups excluding carboxylic acids is 1. The number of hydrogen-bond acceptors (Lipinski definition) is 5. The van der Waals surface area contributed by atoms with Gasteiger partial charge in [-0.1, -0.05) is 0 Å². The van der Waals surface area contributed by atoms with Crippen molar-refractivity contribution < 1.29 is 22.4 Å². The summed E-state index contributed by atoms with van der Waals surface area (Å²) in [4.78, 5) is 14.4. The second-order valence-corrected chi connectivity index (χ2v) is 6.94. The molecule has 1 aliphatic rings. The first-order valence-electron chi connectivity index (χ1n) is 9.00. The first-order valence-corrected chi connectivity index (χ1v) is 9.00. The van der Waals surface area contributed by atoms with Gasteiger partial charge in [-0.05, 0) is 35.9 Å². The van der Waals surface area contributed by atoms with Gasteiger partial charge in [0.15, 0.2) is 0 Å². The number of rotatable bonds is 5. The standard InChI is InChI=1S/C19H16F4N6O/c20-14-6-12(5-13(7-14)19(21,22)23)9-28-10-16(11-28)29-17(2-4-26-29)18(30)27-15-1-3-24-25-8-15/h1-8,16H,9-11H2,(H,24,27,30). The van der Waals surface area contributed by atoms with Gasteiger partial charge in [-0.25, -0.2) is 4.39 Å². The van der Waals surface area contributed by atoms with Crippen molar-refractivity contribution in [1.29, 1.82) is 0 Å². The van der Waals surface area contributed by atoms with E-state index in [9.17, 15) is 22.4 Å². The molecule has 1 fully saturated rings. The summed E-state index contributed by atoms with van der Waals surface area (Å²) in [6, 6.07) is 5.59. The molecule has 7 nitrogen and oxygen atoms in total. The number of likely N-dealkylation sites (tertiary alicyclic amines) is 1. The fourth-order valence-corrected chi connectivity index (χ4v) is 3.33. The van der Waals surface area contributed by atoms with Crippen LogP contribution in [0.1, 0.15) is 27.7 Å². The minimum atomic E-state index is -4.60. The maximum absolute atomic E-state index is 13.6. The minimum absolute atomic E-state index is 0.119. The van der Waals surface area contributed by atoms with Crippen molar-refractivity contribution in [3.8, 4) is 0 Å². The third kappa shape index (κ3) is 4.30. The van der Waals surface area contributed by atoms with Crippen LogP contribution >= 0.6 is 0 Å². The number of anilines is 1. The number of hydrogen-bond donors (Lipinski definition) is 1. The Morgan fingerprint density at radius 1 is 1.13 bits per heavy atom. The van der Waals surface area contributed by atoms with Crippen molar-refractivity contribution in [2.24, 2.45) is 0 Å². The molecule has 0 spiro atoms. The molecule has 0 aliphatic carbocycles. The number of amides is 1. The van der Waals surface area contributed by atoms with Gasteiger partial charge in [0, 0.05) is 25.8 Å². The lowest BCUT2D eigenvalue weighted by molar-refractivity contribution is -0.137. The van der Waals surface area contributed by atoms with Crippen LogP contribution in [-0.2, 0) is 12.7 Å². The lowest BCUT2D eigenvalue weighted by Gasteiger charge is -2.39. The normalized spacial score (nSPS) is 15.1. The van der Waals surface area contributed by atoms with Crippen LogP contribution in [0, 0.1) is 5.82 Å². The topological polar surface area (TPSA) is 75.9 Å². The molecule has 3 heterocycles. The molecule has 156 valence electrons. The third-order valence-corrected chi connectivity index (χ3v) is 4.72. The van der Waals surface area contributed by atoms with Gasteiger partial charge in [-0.15, -0.1) is 0 Å². The fraction of sp³-hybridized carbons (Fsp3) is 0.263. The molecule has 30 heavy (non-hydrogen) atoms. The molecular formula is C19H16F4N6O. The summed E-state index contributed by atoms with van der Waals surface area (Å²) in [6.45, 7) is 1.11. The predicted octanol–water partition coefficient (Wildman–Crippen LogP) is 3.14. The molecule has 1 amide bonds. The molecule has 0 atom stereocenters. The molecule has 0 unspecified atom stereocenters. The third-order valence-electron chi connectivity index (χ3n) is 4.72. The van der Waals surface area contributed by atoms with Crippen molar-refractivity contribution in [2.45, 2.75) is 18.8 Å². The largest absolute Gasteiger partial charge is 0.416 e. The first kappa shape index (κ1) is 20.0. The number of alkyl halides is 3. The van der Waals surface area contributed by atoms with Gasteiger partial charge in [0.1, 0.15) is 11.5 Å². The van der Waals surface area contributed by atoms with Crippen LogP contribution in [0.15, 0.2) is 48.9 Å². The minimum Gasteiger partial charge on any atom is -0.319 e. The van der Waals surface area contributed by atoms with E-state index >= 15 is 0 Å². The molecule has 1 aliphatic heterocycles. The summed E-state index contributed by atoms with van der Waals surface area (Å²) >= 11 is 0. The number of halogens is 4. The Hall–Kier alpha value is -3.34. The number of nitrogens with zero attached hydrogens (tertiary/aromatic N) is 5. The smallest absolute Gasteiger partial charge is 0.319 e. The molecule has 11 heteroatoms. The number of aromatic nitrogens is 4. The van der Waals surface area contributed by atoms with E-state index in [4.69, 9.17) is 0 Å². The van der Waals surface area contributed by atoms with Crippen molar-refractivity contribution in [1.82, 2.24) is 24.9 Å². The van der Waals surface area contributed by atoms with Crippen molar-refractivity contribution in [3.63, 3.8) is 0 Å². The summed E-state index contributed by atoms with van der Waals surface area (Å²) in [5.41, 5.74) is 0.0711. The molecule has 0 bridgehead atoms. The van der Waals surface area contributed by atoms with Crippen LogP contribution in [0.25, 0.3) is 0 Å². The molecule has 1 aromatic carbocycles. The van der Waals surface area contributed by atoms with Crippen LogP contribution in [0.2, 0.25) is 0 Å². The van der Waals surface area contributed by atoms with E-state index in [1.165, 1.54) is 18.6 Å². The monoisotopic (exact) mass is 420 g/mol. The highest BCUT2D eigenvalue weighted by molar-refractivity contribution is 6.02. The van der Waals surface area contributed by atoms with E-state index in [1.807, 2.05) is 4.90 Å². The highest BCUT2D eigenvalue weighted by Crippen LogP contribution is 2.31. The highest BCUT2D eigenvalue weighted by Gasteiger charge is 2.34. The van der Waals surface area contributed by atoms with Gasteiger partial charge in [0.2, 0.25) is 0 Å². The second-order valence-electron chi connectivity index (χ2n) is 6.94. The summed E-state index contributed by atoms with van der Waals surface area (Å²) < 4.78 is 53.7. The number of benzene rings is 1. The summed E-state index contributed by atoms with van der Waals surface area (Å²) in [5.74, 6) is -1.28. The van der Waals surface area contributed by atoms with Crippen molar-refractivity contribution >= 4 is 11.6 Å². The van der Waals surface area contributed by atoms with Gasteiger partial charge >= 0.3 is 6.18 Å². The average Bonchev–Trinajstić information content (AvgIpc) is 3.13. The van der Waals surface area contributed by atoms with Gasteiger partial charge in [-0.2, -0.15) is 28.5 Å². The first-order chi connectivity index (χ1) is 14.3. The van der Waals surface area contributed by atoms with Crippen molar-refractivity contribution in [3.05, 3.63) is 71.6 Å². The zero-order valence-corrected chi connectivity index (χ0v) is 15.5. The van der Waals surface area contributed by atoms with Crippen LogP contribution in [-0.4, -0.2) is 43.9 Å². The van der Waals surface area contributed by atoms with E-state index in [0.29, 0.717) is 30.5 Å². The molecule has 4 rings (SSSR count). The highest BCUT2D eigenvalue weighted by atomic mass is 19.4. The van der Waals surface area contributed by atoms with E-state index < -0.39 is 17.6 Å². The second kappa shape index (κ2) is 7.82. The predicted molar refractivity (Wildman–Crippen MR) is 97.9 cm³/mol. The Morgan fingerprint density at radius 2 is 1.93 bits per heavy atom. The van der Waals surface area contributed by atoms with Crippen LogP contribution in [0.5, 0.6) is 0 Å².